The van der Waals surface area contributed by atoms with Crippen molar-refractivity contribution in [3.63, 3.8) is 0 Å². The second-order valence-corrected chi connectivity index (χ2v) is 2.74. The van der Waals surface area contributed by atoms with Crippen molar-refractivity contribution in [3.05, 3.63) is 29.3 Å². The van der Waals surface area contributed by atoms with Crippen LogP contribution in [-0.2, 0) is 0 Å². The van der Waals surface area contributed by atoms with Crippen molar-refractivity contribution >= 4 is 11.6 Å². The van der Waals surface area contributed by atoms with Crippen molar-refractivity contribution in [2.45, 2.75) is 0 Å². The topological polar surface area (TPSA) is 55.1 Å². The van der Waals surface area contributed by atoms with Crippen LogP contribution >= 0.6 is 0 Å². The quantitative estimate of drug-likeness (QED) is 0.563. The molecule has 0 saturated carbocycles. The Bertz CT molecular complexity index is 438. The van der Waals surface area contributed by atoms with E-state index in [-0.39, 0.29) is 12.1 Å². The average Bonchev–Trinajstić information content (AvgIpc) is 2.19. The highest BCUT2D eigenvalue weighted by Crippen LogP contribution is 2.17. The van der Waals surface area contributed by atoms with Gasteiger partial charge in [0.15, 0.2) is 0 Å². The van der Waals surface area contributed by atoms with E-state index in [0.29, 0.717) is 6.07 Å². The highest BCUT2D eigenvalue weighted by Gasteiger charge is 2.14. The van der Waals surface area contributed by atoms with Crippen LogP contribution in [0.5, 0.6) is 0 Å². The third kappa shape index (κ3) is 2.44. The molecule has 0 heterocycles. The predicted octanol–water partition coefficient (Wildman–Crippen LogP) is 0.910. The van der Waals surface area contributed by atoms with Crippen LogP contribution in [0.2, 0.25) is 0 Å². The summed E-state index contributed by atoms with van der Waals surface area (Å²) in [7, 11) is 0. The number of hydrogen-bond donors (Lipinski definition) is 2. The maximum absolute atomic E-state index is 12.9. The van der Waals surface area contributed by atoms with Gasteiger partial charge < -0.3 is 11.1 Å². The van der Waals surface area contributed by atoms with E-state index in [0.717, 1.165) is 6.07 Å². The number of anilines is 1. The van der Waals surface area contributed by atoms with Gasteiger partial charge in [0, 0.05) is 6.07 Å². The number of nitrogens with two attached hydrogens (primary N) is 1. The Balaban J connectivity index is 3.04. The van der Waals surface area contributed by atoms with E-state index in [1.807, 2.05) is 0 Å². The molecule has 0 atom stereocenters. The monoisotopic (exact) mass is 210 g/mol. The maximum atomic E-state index is 12.9. The molecule has 15 heavy (non-hydrogen) atoms. The van der Waals surface area contributed by atoms with Gasteiger partial charge >= 0.3 is 0 Å². The zero-order valence-electron chi connectivity index (χ0n) is 7.68. The van der Waals surface area contributed by atoms with Gasteiger partial charge in [-0.3, -0.25) is 4.79 Å². The Morgan fingerprint density at radius 1 is 1.53 bits per heavy atom. The molecule has 0 aliphatic rings. The Hall–Kier alpha value is -2.09. The molecule has 0 aromatic heterocycles. The fourth-order valence-electron chi connectivity index (χ4n) is 0.999. The molecule has 3 nitrogen and oxygen atoms in total. The molecule has 0 fully saturated rings. The van der Waals surface area contributed by atoms with Crippen molar-refractivity contribution in [3.8, 4) is 12.3 Å². The summed E-state index contributed by atoms with van der Waals surface area (Å²) in [6.07, 6.45) is 4.91. The number of nitrogen functional groups attached to an aromatic ring is 1. The molecule has 0 unspecified atom stereocenters. The second-order valence-electron chi connectivity index (χ2n) is 2.74. The normalized spacial score (nSPS) is 9.40. The summed E-state index contributed by atoms with van der Waals surface area (Å²) in [4.78, 5) is 11.3. The first-order valence-electron chi connectivity index (χ1n) is 4.02. The molecule has 3 N–H and O–H groups in total. The first-order chi connectivity index (χ1) is 7.06. The number of rotatable bonds is 2. The fourth-order valence-corrected chi connectivity index (χ4v) is 0.999. The first kappa shape index (κ1) is 11.0. The van der Waals surface area contributed by atoms with E-state index in [1.54, 1.807) is 0 Å². The van der Waals surface area contributed by atoms with Crippen molar-refractivity contribution in [1.82, 2.24) is 5.32 Å². The molecule has 0 spiro atoms. The van der Waals surface area contributed by atoms with Gasteiger partial charge in [-0.05, 0) is 6.07 Å². The van der Waals surface area contributed by atoms with E-state index in [2.05, 4.69) is 11.2 Å². The molecule has 1 aromatic carbocycles. The highest BCUT2D eigenvalue weighted by molar-refractivity contribution is 5.99. The Kier molecular flexibility index (Phi) is 3.24. The molecule has 78 valence electrons. The third-order valence-corrected chi connectivity index (χ3v) is 1.69. The fraction of sp³-hybridized carbons (Fsp3) is 0.100. The lowest BCUT2D eigenvalue weighted by molar-refractivity contribution is 0.0958. The number of carbonyl (C=O) groups excluding carboxylic acids is 1. The number of halogens is 2. The standard InChI is InChI=1S/C10H8F2N2O/c1-2-3-14-10(15)7-4-6(11)5-8(12)9(7)13/h1,4-5H,3,13H2,(H,14,15). The minimum Gasteiger partial charge on any atom is -0.396 e. The van der Waals surface area contributed by atoms with Crippen LogP contribution in [0, 0.1) is 24.0 Å². The van der Waals surface area contributed by atoms with Gasteiger partial charge in [-0.25, -0.2) is 8.78 Å². The largest absolute Gasteiger partial charge is 0.396 e. The number of benzene rings is 1. The van der Waals surface area contributed by atoms with E-state index >= 15 is 0 Å². The van der Waals surface area contributed by atoms with Crippen molar-refractivity contribution in [2.75, 3.05) is 12.3 Å². The Morgan fingerprint density at radius 2 is 2.20 bits per heavy atom. The highest BCUT2D eigenvalue weighted by atomic mass is 19.1. The molecule has 0 aliphatic carbocycles. The van der Waals surface area contributed by atoms with Gasteiger partial charge in [-0.2, -0.15) is 0 Å². The minimum atomic E-state index is -0.971. The number of nitrogens with one attached hydrogen (secondary N) is 1. The summed E-state index contributed by atoms with van der Waals surface area (Å²) in [5.74, 6) is -0.387. The molecule has 0 radical (unpaired) electrons. The molecule has 0 bridgehead atoms. The number of carbonyl (C=O) groups is 1. The summed E-state index contributed by atoms with van der Waals surface area (Å²) in [6, 6.07) is 1.46. The zero-order chi connectivity index (χ0) is 11.4. The van der Waals surface area contributed by atoms with Gasteiger partial charge in [-0.1, -0.05) is 5.92 Å². The summed E-state index contributed by atoms with van der Waals surface area (Å²) >= 11 is 0. The van der Waals surface area contributed by atoms with Crippen LogP contribution < -0.4 is 11.1 Å². The average molecular weight is 210 g/mol. The Morgan fingerprint density at radius 3 is 2.80 bits per heavy atom. The summed E-state index contributed by atoms with van der Waals surface area (Å²) in [5.41, 5.74) is 4.61. The molecule has 1 aromatic rings. The first-order valence-corrected chi connectivity index (χ1v) is 4.02. The van der Waals surface area contributed by atoms with Crippen molar-refractivity contribution in [1.29, 1.82) is 0 Å². The van der Waals surface area contributed by atoms with Crippen LogP contribution in [0.25, 0.3) is 0 Å². The molecule has 0 aliphatic heterocycles. The zero-order valence-corrected chi connectivity index (χ0v) is 7.68. The SMILES string of the molecule is C#CCNC(=O)c1cc(F)cc(F)c1N. The lowest BCUT2D eigenvalue weighted by atomic mass is 10.1. The predicted molar refractivity (Wildman–Crippen MR) is 51.9 cm³/mol. The van der Waals surface area contributed by atoms with Crippen LogP contribution in [0.3, 0.4) is 0 Å². The molecular weight excluding hydrogens is 202 g/mol. The molecular formula is C10H8F2N2O. The van der Waals surface area contributed by atoms with Crippen molar-refractivity contribution in [2.24, 2.45) is 0 Å². The molecule has 0 saturated heterocycles. The van der Waals surface area contributed by atoms with Gasteiger partial charge in [-0.15, -0.1) is 6.42 Å². The van der Waals surface area contributed by atoms with E-state index in [1.165, 1.54) is 0 Å². The van der Waals surface area contributed by atoms with Crippen LogP contribution in [0.15, 0.2) is 12.1 Å². The lowest BCUT2D eigenvalue weighted by Gasteiger charge is -2.06. The molecule has 1 rings (SSSR count). The lowest BCUT2D eigenvalue weighted by Crippen LogP contribution is -2.25. The van der Waals surface area contributed by atoms with E-state index < -0.39 is 23.2 Å². The number of hydrogen-bond acceptors (Lipinski definition) is 2. The molecule has 5 heteroatoms. The van der Waals surface area contributed by atoms with Crippen LogP contribution in [0.1, 0.15) is 10.4 Å². The minimum absolute atomic E-state index is 0.0313. The van der Waals surface area contributed by atoms with Gasteiger partial charge in [0.2, 0.25) is 0 Å². The summed E-state index contributed by atoms with van der Waals surface area (Å²) < 4.78 is 25.7. The van der Waals surface area contributed by atoms with Crippen LogP contribution in [0.4, 0.5) is 14.5 Å². The third-order valence-electron chi connectivity index (χ3n) is 1.69. The van der Waals surface area contributed by atoms with Crippen LogP contribution in [-0.4, -0.2) is 12.5 Å². The van der Waals surface area contributed by atoms with Crippen molar-refractivity contribution < 1.29 is 13.6 Å². The van der Waals surface area contributed by atoms with E-state index in [9.17, 15) is 13.6 Å². The smallest absolute Gasteiger partial charge is 0.254 e. The maximum Gasteiger partial charge on any atom is 0.254 e. The van der Waals surface area contributed by atoms with Gasteiger partial charge in [0.05, 0.1) is 17.8 Å². The Labute approximate surface area is 85.3 Å². The second kappa shape index (κ2) is 4.42. The number of terminal acetylenes is 1. The molecule has 1 amide bonds. The number of amides is 1. The summed E-state index contributed by atoms with van der Waals surface area (Å²) in [5, 5.41) is 2.26. The van der Waals surface area contributed by atoms with E-state index in [4.69, 9.17) is 12.2 Å². The van der Waals surface area contributed by atoms with Gasteiger partial charge in [0.25, 0.3) is 5.91 Å². The summed E-state index contributed by atoms with van der Waals surface area (Å²) in [6.45, 7) is -0.0313. The van der Waals surface area contributed by atoms with Gasteiger partial charge in [0.1, 0.15) is 11.6 Å².